The fourth-order valence-electron chi connectivity index (χ4n) is 1.50. The molecular weight excluding hydrogens is 198 g/mol. The molecule has 3 N–H and O–H groups in total. The maximum absolute atomic E-state index is 11.3. The van der Waals surface area contributed by atoms with E-state index < -0.39 is 11.9 Å². The smallest absolute Gasteiger partial charge is 0.307 e. The predicted octanol–water partition coefficient (Wildman–Crippen LogP) is -0.0157. The van der Waals surface area contributed by atoms with Gasteiger partial charge >= 0.3 is 5.97 Å². The van der Waals surface area contributed by atoms with E-state index in [1.165, 1.54) is 0 Å². The van der Waals surface area contributed by atoms with Crippen LogP contribution >= 0.6 is 0 Å². The highest BCUT2D eigenvalue weighted by Gasteiger charge is 2.48. The van der Waals surface area contributed by atoms with E-state index in [9.17, 15) is 9.59 Å². The van der Waals surface area contributed by atoms with E-state index in [0.717, 1.165) is 0 Å². The molecule has 1 saturated carbocycles. The lowest BCUT2D eigenvalue weighted by Crippen LogP contribution is -2.27. The second kappa shape index (κ2) is 5.11. The summed E-state index contributed by atoms with van der Waals surface area (Å²) in [4.78, 5) is 21.8. The van der Waals surface area contributed by atoms with Crippen LogP contribution in [0.15, 0.2) is 0 Å². The molecule has 0 spiro atoms. The molecule has 0 bridgehead atoms. The summed E-state index contributed by atoms with van der Waals surface area (Å²) >= 11 is 0. The maximum Gasteiger partial charge on any atom is 0.307 e. The SMILES string of the molecule is CC(O)CCCNC(=O)C1CC1C(=O)O. The Kier molecular flexibility index (Phi) is 4.08. The summed E-state index contributed by atoms with van der Waals surface area (Å²) < 4.78 is 0. The second-order valence-corrected chi connectivity index (χ2v) is 4.07. The second-order valence-electron chi connectivity index (χ2n) is 4.07. The largest absolute Gasteiger partial charge is 0.481 e. The highest BCUT2D eigenvalue weighted by molar-refractivity contribution is 5.89. The summed E-state index contributed by atoms with van der Waals surface area (Å²) in [5.41, 5.74) is 0. The number of rotatable bonds is 6. The van der Waals surface area contributed by atoms with Gasteiger partial charge in [-0.1, -0.05) is 0 Å². The van der Waals surface area contributed by atoms with Crippen LogP contribution in [0.3, 0.4) is 0 Å². The van der Waals surface area contributed by atoms with E-state index in [4.69, 9.17) is 10.2 Å². The third kappa shape index (κ3) is 3.87. The number of carbonyl (C=O) groups excluding carboxylic acids is 1. The van der Waals surface area contributed by atoms with Crippen molar-refractivity contribution in [2.45, 2.75) is 32.3 Å². The number of nitrogens with one attached hydrogen (secondary N) is 1. The van der Waals surface area contributed by atoms with Crippen LogP contribution in [-0.2, 0) is 9.59 Å². The van der Waals surface area contributed by atoms with Crippen molar-refractivity contribution in [2.24, 2.45) is 11.8 Å². The number of aliphatic hydroxyl groups is 1. The van der Waals surface area contributed by atoms with Gasteiger partial charge in [0.25, 0.3) is 0 Å². The third-order valence-electron chi connectivity index (χ3n) is 2.54. The van der Waals surface area contributed by atoms with Gasteiger partial charge in [0.05, 0.1) is 17.9 Å². The van der Waals surface area contributed by atoms with E-state index in [-0.39, 0.29) is 17.9 Å². The number of hydrogen-bond donors (Lipinski definition) is 3. The minimum absolute atomic E-state index is 0.173. The molecule has 1 fully saturated rings. The molecule has 1 aliphatic carbocycles. The summed E-state index contributed by atoms with van der Waals surface area (Å²) in [6.07, 6.45) is 1.47. The maximum atomic E-state index is 11.3. The fourth-order valence-corrected chi connectivity index (χ4v) is 1.50. The van der Waals surface area contributed by atoms with Crippen LogP contribution in [0, 0.1) is 11.8 Å². The topological polar surface area (TPSA) is 86.6 Å². The van der Waals surface area contributed by atoms with Crippen LogP contribution in [0.5, 0.6) is 0 Å². The van der Waals surface area contributed by atoms with Crippen LogP contribution in [0.4, 0.5) is 0 Å². The van der Waals surface area contributed by atoms with E-state index in [1.807, 2.05) is 0 Å². The summed E-state index contributed by atoms with van der Waals surface area (Å²) in [6, 6.07) is 0. The zero-order chi connectivity index (χ0) is 11.4. The highest BCUT2D eigenvalue weighted by atomic mass is 16.4. The quantitative estimate of drug-likeness (QED) is 0.544. The lowest BCUT2D eigenvalue weighted by atomic mass is 10.2. The lowest BCUT2D eigenvalue weighted by molar-refractivity contribution is -0.140. The van der Waals surface area contributed by atoms with E-state index in [2.05, 4.69) is 5.32 Å². The number of amides is 1. The fraction of sp³-hybridized carbons (Fsp3) is 0.800. The molecule has 3 atom stereocenters. The Morgan fingerprint density at radius 3 is 2.60 bits per heavy atom. The zero-order valence-electron chi connectivity index (χ0n) is 8.77. The molecule has 0 saturated heterocycles. The molecule has 1 aliphatic rings. The first-order valence-electron chi connectivity index (χ1n) is 5.21. The normalized spacial score (nSPS) is 25.7. The van der Waals surface area contributed by atoms with Crippen LogP contribution in [0.1, 0.15) is 26.2 Å². The van der Waals surface area contributed by atoms with Crippen LogP contribution in [-0.4, -0.2) is 34.7 Å². The summed E-state index contributed by atoms with van der Waals surface area (Å²) in [7, 11) is 0. The predicted molar refractivity (Wildman–Crippen MR) is 53.2 cm³/mol. The molecule has 86 valence electrons. The Balaban J connectivity index is 2.08. The number of carboxylic acid groups (broad SMARTS) is 1. The number of aliphatic carboxylic acids is 1. The van der Waals surface area contributed by atoms with Crippen molar-refractivity contribution in [3.05, 3.63) is 0 Å². The molecule has 5 nitrogen and oxygen atoms in total. The number of aliphatic hydroxyl groups excluding tert-OH is 1. The molecule has 5 heteroatoms. The first kappa shape index (κ1) is 12.0. The third-order valence-corrected chi connectivity index (χ3v) is 2.54. The first-order chi connectivity index (χ1) is 7.02. The highest BCUT2D eigenvalue weighted by Crippen LogP contribution is 2.38. The van der Waals surface area contributed by atoms with Gasteiger partial charge < -0.3 is 15.5 Å². The molecule has 0 aliphatic heterocycles. The van der Waals surface area contributed by atoms with Gasteiger partial charge in [-0.05, 0) is 26.2 Å². The van der Waals surface area contributed by atoms with Crippen molar-refractivity contribution >= 4 is 11.9 Å². The summed E-state index contributed by atoms with van der Waals surface area (Å²) in [5.74, 6) is -1.89. The van der Waals surface area contributed by atoms with Crippen molar-refractivity contribution in [3.8, 4) is 0 Å². The minimum atomic E-state index is -0.890. The Bertz CT molecular complexity index is 252. The van der Waals surface area contributed by atoms with E-state index in [0.29, 0.717) is 25.8 Å². The lowest BCUT2D eigenvalue weighted by Gasteiger charge is -2.05. The van der Waals surface area contributed by atoms with Gasteiger partial charge in [-0.25, -0.2) is 0 Å². The molecular formula is C10H17NO4. The number of carbonyl (C=O) groups is 2. The van der Waals surface area contributed by atoms with Gasteiger partial charge in [0, 0.05) is 6.54 Å². The van der Waals surface area contributed by atoms with Gasteiger partial charge in [0.2, 0.25) is 5.91 Å². The monoisotopic (exact) mass is 215 g/mol. The molecule has 0 aromatic rings. The summed E-state index contributed by atoms with van der Waals surface area (Å²) in [6.45, 7) is 2.20. The molecule has 3 unspecified atom stereocenters. The molecule has 1 amide bonds. The zero-order valence-corrected chi connectivity index (χ0v) is 8.77. The van der Waals surface area contributed by atoms with Crippen molar-refractivity contribution in [2.75, 3.05) is 6.54 Å². The van der Waals surface area contributed by atoms with Crippen molar-refractivity contribution in [1.29, 1.82) is 0 Å². The van der Waals surface area contributed by atoms with Crippen LogP contribution in [0.2, 0.25) is 0 Å². The van der Waals surface area contributed by atoms with E-state index >= 15 is 0 Å². The van der Waals surface area contributed by atoms with Gasteiger partial charge in [-0.3, -0.25) is 9.59 Å². The Labute approximate surface area is 88.5 Å². The number of carboxylic acids is 1. The van der Waals surface area contributed by atoms with Crippen molar-refractivity contribution in [3.63, 3.8) is 0 Å². The standard InChI is InChI=1S/C10H17NO4/c1-6(12)3-2-4-11-9(13)7-5-8(7)10(14)15/h6-8,12H,2-5H2,1H3,(H,11,13)(H,14,15). The Morgan fingerprint density at radius 1 is 1.47 bits per heavy atom. The van der Waals surface area contributed by atoms with Gasteiger partial charge in [-0.2, -0.15) is 0 Å². The van der Waals surface area contributed by atoms with Crippen LogP contribution in [0.25, 0.3) is 0 Å². The molecule has 0 heterocycles. The summed E-state index contributed by atoms with van der Waals surface area (Å²) in [5, 5.41) is 20.2. The molecule has 0 aromatic carbocycles. The first-order valence-corrected chi connectivity index (χ1v) is 5.21. The van der Waals surface area contributed by atoms with Gasteiger partial charge in [0.15, 0.2) is 0 Å². The molecule has 0 radical (unpaired) electrons. The van der Waals surface area contributed by atoms with Crippen LogP contribution < -0.4 is 5.32 Å². The Morgan fingerprint density at radius 2 is 2.13 bits per heavy atom. The minimum Gasteiger partial charge on any atom is -0.481 e. The van der Waals surface area contributed by atoms with E-state index in [1.54, 1.807) is 6.92 Å². The molecule has 15 heavy (non-hydrogen) atoms. The average molecular weight is 215 g/mol. The number of hydrogen-bond acceptors (Lipinski definition) is 3. The average Bonchev–Trinajstić information content (AvgIpc) is 2.90. The molecule has 0 aromatic heterocycles. The van der Waals surface area contributed by atoms with Crippen molar-refractivity contribution in [1.82, 2.24) is 5.32 Å². The van der Waals surface area contributed by atoms with Gasteiger partial charge in [0.1, 0.15) is 0 Å². The van der Waals surface area contributed by atoms with Gasteiger partial charge in [-0.15, -0.1) is 0 Å². The van der Waals surface area contributed by atoms with Crippen molar-refractivity contribution < 1.29 is 19.8 Å². The Hall–Kier alpha value is -1.10. The molecule has 1 rings (SSSR count).